The van der Waals surface area contributed by atoms with Crippen molar-refractivity contribution in [1.82, 2.24) is 4.90 Å². The van der Waals surface area contributed by atoms with Gasteiger partial charge in [0.2, 0.25) is 5.91 Å². The first kappa shape index (κ1) is 19.6. The molecule has 0 bridgehead atoms. The fraction of sp³-hybridized carbons (Fsp3) is 0.350. The lowest BCUT2D eigenvalue weighted by Gasteiger charge is -2.36. The molecule has 1 amide bonds. The minimum Gasteiger partial charge on any atom is -0.486 e. The molecule has 7 nitrogen and oxygen atoms in total. The summed E-state index contributed by atoms with van der Waals surface area (Å²) in [5.41, 5.74) is 1.68. The molecule has 0 radical (unpaired) electrons. The number of benzene rings is 2. The van der Waals surface area contributed by atoms with E-state index < -0.39 is 4.92 Å². The van der Waals surface area contributed by atoms with E-state index in [9.17, 15) is 19.3 Å². The number of carbonyl (C=O) groups is 1. The number of nitro groups is 1. The molecule has 0 N–H and O–H groups in total. The fourth-order valence-corrected chi connectivity index (χ4v) is 3.16. The summed E-state index contributed by atoms with van der Waals surface area (Å²) >= 11 is 0. The predicted molar refractivity (Wildman–Crippen MR) is 103 cm³/mol. The molecular weight excluding hydrogens is 365 g/mol. The van der Waals surface area contributed by atoms with Crippen LogP contribution < -0.4 is 9.64 Å². The number of ether oxygens (including phenoxy) is 1. The Morgan fingerprint density at radius 3 is 2.46 bits per heavy atom. The maximum Gasteiger partial charge on any atom is 0.310 e. The highest BCUT2D eigenvalue weighted by Gasteiger charge is 2.22. The maximum absolute atomic E-state index is 13.0. The van der Waals surface area contributed by atoms with Crippen molar-refractivity contribution in [2.24, 2.45) is 0 Å². The van der Waals surface area contributed by atoms with Crippen molar-refractivity contribution < 1.29 is 18.8 Å². The third kappa shape index (κ3) is 4.76. The van der Waals surface area contributed by atoms with E-state index in [1.54, 1.807) is 29.2 Å². The van der Waals surface area contributed by atoms with Gasteiger partial charge >= 0.3 is 5.69 Å². The smallest absolute Gasteiger partial charge is 0.310 e. The van der Waals surface area contributed by atoms with E-state index in [2.05, 4.69) is 4.90 Å². The number of piperazine rings is 1. The first-order valence-electron chi connectivity index (χ1n) is 9.10. The van der Waals surface area contributed by atoms with E-state index in [1.807, 2.05) is 6.92 Å². The van der Waals surface area contributed by atoms with Crippen molar-refractivity contribution >= 4 is 17.3 Å². The quantitative estimate of drug-likeness (QED) is 0.562. The van der Waals surface area contributed by atoms with Crippen LogP contribution in [0, 0.1) is 22.9 Å². The Hall–Kier alpha value is -3.16. The van der Waals surface area contributed by atoms with Crippen molar-refractivity contribution in [2.75, 3.05) is 37.7 Å². The summed E-state index contributed by atoms with van der Waals surface area (Å²) in [7, 11) is 0. The highest BCUT2D eigenvalue weighted by atomic mass is 19.1. The molecule has 2 aromatic rings. The molecule has 0 aliphatic carbocycles. The average molecular weight is 387 g/mol. The molecule has 0 spiro atoms. The van der Waals surface area contributed by atoms with Gasteiger partial charge in [0.1, 0.15) is 5.82 Å². The Balaban J connectivity index is 1.48. The highest BCUT2D eigenvalue weighted by Crippen LogP contribution is 2.27. The van der Waals surface area contributed by atoms with E-state index in [0.29, 0.717) is 26.2 Å². The second-order valence-electron chi connectivity index (χ2n) is 6.67. The number of nitrogens with zero attached hydrogens (tertiary/aromatic N) is 3. The van der Waals surface area contributed by atoms with E-state index in [1.165, 1.54) is 18.2 Å². The van der Waals surface area contributed by atoms with Gasteiger partial charge in [-0.3, -0.25) is 14.9 Å². The van der Waals surface area contributed by atoms with E-state index in [-0.39, 0.29) is 36.2 Å². The van der Waals surface area contributed by atoms with Crippen LogP contribution in [0.4, 0.5) is 15.8 Å². The van der Waals surface area contributed by atoms with Crippen LogP contribution in [0.1, 0.15) is 12.0 Å². The van der Waals surface area contributed by atoms with Crippen LogP contribution in [0.25, 0.3) is 0 Å². The average Bonchev–Trinajstić information content (AvgIpc) is 2.68. The van der Waals surface area contributed by atoms with Crippen LogP contribution in [0.5, 0.6) is 5.75 Å². The van der Waals surface area contributed by atoms with Crippen LogP contribution in [-0.2, 0) is 4.79 Å². The van der Waals surface area contributed by atoms with Gasteiger partial charge in [0.25, 0.3) is 0 Å². The van der Waals surface area contributed by atoms with Crippen molar-refractivity contribution in [3.8, 4) is 5.75 Å². The summed E-state index contributed by atoms with van der Waals surface area (Å²) in [5.74, 6) is -0.139. The second-order valence-corrected chi connectivity index (χ2v) is 6.67. The van der Waals surface area contributed by atoms with Gasteiger partial charge in [-0.25, -0.2) is 4.39 Å². The van der Waals surface area contributed by atoms with Gasteiger partial charge in [0, 0.05) is 37.9 Å². The zero-order valence-electron chi connectivity index (χ0n) is 15.6. The number of halogens is 1. The van der Waals surface area contributed by atoms with Gasteiger partial charge in [0.15, 0.2) is 5.75 Å². The summed E-state index contributed by atoms with van der Waals surface area (Å²) in [6.45, 7) is 4.38. The van der Waals surface area contributed by atoms with Gasteiger partial charge in [-0.15, -0.1) is 0 Å². The Morgan fingerprint density at radius 1 is 1.14 bits per heavy atom. The molecule has 1 aliphatic heterocycles. The third-order valence-corrected chi connectivity index (χ3v) is 4.71. The van der Waals surface area contributed by atoms with Gasteiger partial charge in [-0.1, -0.05) is 6.07 Å². The lowest BCUT2D eigenvalue weighted by Crippen LogP contribution is -2.49. The number of nitro benzene ring substituents is 1. The molecule has 8 heteroatoms. The normalized spacial score (nSPS) is 14.1. The number of carbonyl (C=O) groups excluding carboxylic acids is 1. The van der Waals surface area contributed by atoms with E-state index in [0.717, 1.165) is 11.3 Å². The Kier molecular flexibility index (Phi) is 6.08. The fourth-order valence-electron chi connectivity index (χ4n) is 3.16. The second kappa shape index (κ2) is 8.69. The molecule has 28 heavy (non-hydrogen) atoms. The van der Waals surface area contributed by atoms with Crippen molar-refractivity contribution in [2.45, 2.75) is 13.3 Å². The molecule has 0 aromatic heterocycles. The van der Waals surface area contributed by atoms with Crippen LogP contribution >= 0.6 is 0 Å². The summed E-state index contributed by atoms with van der Waals surface area (Å²) in [6, 6.07) is 11.0. The monoisotopic (exact) mass is 387 g/mol. The molecule has 0 saturated carbocycles. The number of rotatable bonds is 6. The van der Waals surface area contributed by atoms with Crippen molar-refractivity contribution in [3.63, 3.8) is 0 Å². The first-order valence-corrected chi connectivity index (χ1v) is 9.10. The van der Waals surface area contributed by atoms with Crippen LogP contribution in [-0.4, -0.2) is 48.5 Å². The molecule has 148 valence electrons. The zero-order chi connectivity index (χ0) is 20.1. The Morgan fingerprint density at radius 2 is 1.82 bits per heavy atom. The predicted octanol–water partition coefficient (Wildman–Crippen LogP) is 3.16. The van der Waals surface area contributed by atoms with E-state index in [4.69, 9.17) is 4.74 Å². The number of hydrogen-bond acceptors (Lipinski definition) is 5. The number of hydrogen-bond donors (Lipinski definition) is 0. The molecular formula is C20H22FN3O4. The molecule has 1 fully saturated rings. The van der Waals surface area contributed by atoms with Gasteiger partial charge in [-0.05, 0) is 42.8 Å². The number of anilines is 1. The van der Waals surface area contributed by atoms with Crippen LogP contribution in [0.2, 0.25) is 0 Å². The maximum atomic E-state index is 13.0. The first-order chi connectivity index (χ1) is 13.4. The molecule has 2 aromatic carbocycles. The van der Waals surface area contributed by atoms with Gasteiger partial charge in [-0.2, -0.15) is 0 Å². The van der Waals surface area contributed by atoms with Crippen LogP contribution in [0.3, 0.4) is 0 Å². The van der Waals surface area contributed by atoms with Gasteiger partial charge in [0.05, 0.1) is 18.0 Å². The highest BCUT2D eigenvalue weighted by molar-refractivity contribution is 5.76. The topological polar surface area (TPSA) is 75.9 Å². The summed E-state index contributed by atoms with van der Waals surface area (Å²) in [4.78, 5) is 26.8. The van der Waals surface area contributed by atoms with Crippen LogP contribution in [0.15, 0.2) is 42.5 Å². The SMILES string of the molecule is Cc1ccc([N+](=O)[O-])c(OCCC(=O)N2CCN(c3ccc(F)cc3)CC2)c1. The molecule has 1 heterocycles. The number of amides is 1. The molecule has 1 aliphatic rings. The lowest BCUT2D eigenvalue weighted by atomic mass is 10.2. The van der Waals surface area contributed by atoms with E-state index >= 15 is 0 Å². The minimum absolute atomic E-state index is 0.0472. The lowest BCUT2D eigenvalue weighted by molar-refractivity contribution is -0.385. The number of aryl methyl sites for hydroxylation is 1. The summed E-state index contributed by atoms with van der Waals surface area (Å²) < 4.78 is 18.5. The van der Waals surface area contributed by atoms with Gasteiger partial charge < -0.3 is 14.5 Å². The largest absolute Gasteiger partial charge is 0.486 e. The zero-order valence-corrected chi connectivity index (χ0v) is 15.6. The molecule has 1 saturated heterocycles. The van der Waals surface area contributed by atoms with Crippen molar-refractivity contribution in [3.05, 3.63) is 64.0 Å². The Labute approximate surface area is 162 Å². The molecule has 0 atom stereocenters. The third-order valence-electron chi connectivity index (χ3n) is 4.71. The minimum atomic E-state index is -0.495. The Bertz CT molecular complexity index is 849. The summed E-state index contributed by atoms with van der Waals surface area (Å²) in [5, 5.41) is 11.1. The molecule has 3 rings (SSSR count). The molecule has 0 unspecified atom stereocenters. The standard InChI is InChI=1S/C20H22FN3O4/c1-15-2-7-18(24(26)27)19(14-15)28-13-8-20(25)23-11-9-22(10-12-23)17-5-3-16(21)4-6-17/h2-7,14H,8-13H2,1H3. The van der Waals surface area contributed by atoms with Crippen molar-refractivity contribution in [1.29, 1.82) is 0 Å². The summed E-state index contributed by atoms with van der Waals surface area (Å²) in [6.07, 6.45) is 0.154.